The number of alkyl halides is 4. The van der Waals surface area contributed by atoms with E-state index in [0.29, 0.717) is 6.42 Å². The Bertz CT molecular complexity index is 286. The van der Waals surface area contributed by atoms with E-state index in [-0.39, 0.29) is 0 Å². The van der Waals surface area contributed by atoms with Crippen molar-refractivity contribution in [2.24, 2.45) is 5.41 Å². The van der Waals surface area contributed by atoms with Crippen LogP contribution in [0.2, 0.25) is 0 Å². The van der Waals surface area contributed by atoms with Crippen molar-refractivity contribution in [2.45, 2.75) is 58.8 Å². The summed E-state index contributed by atoms with van der Waals surface area (Å²) in [5.41, 5.74) is -4.05. The molecule has 0 aliphatic rings. The fourth-order valence-electron chi connectivity index (χ4n) is 1.16. The van der Waals surface area contributed by atoms with Crippen LogP contribution in [0.15, 0.2) is 0 Å². The molecule has 0 aromatic rings. The van der Waals surface area contributed by atoms with E-state index >= 15 is 0 Å². The molecular formula is C12H20F4O2. The summed E-state index contributed by atoms with van der Waals surface area (Å²) < 4.78 is 55.5. The molecule has 6 heteroatoms. The van der Waals surface area contributed by atoms with Crippen LogP contribution < -0.4 is 0 Å². The summed E-state index contributed by atoms with van der Waals surface area (Å²) in [4.78, 5) is 11.5. The second-order valence-electron chi connectivity index (χ2n) is 4.94. The molecule has 0 aliphatic heterocycles. The van der Waals surface area contributed by atoms with Crippen molar-refractivity contribution in [1.29, 1.82) is 0 Å². The van der Waals surface area contributed by atoms with Gasteiger partial charge in [-0.05, 0) is 26.7 Å². The van der Waals surface area contributed by atoms with E-state index in [2.05, 4.69) is 0 Å². The Kier molecular flexibility index (Phi) is 5.62. The molecule has 0 amide bonds. The highest BCUT2D eigenvalue weighted by atomic mass is 19.4. The molecule has 0 radical (unpaired) electrons. The van der Waals surface area contributed by atoms with Gasteiger partial charge in [0.2, 0.25) is 5.67 Å². The third kappa shape index (κ3) is 4.14. The highest BCUT2D eigenvalue weighted by molar-refractivity contribution is 5.75. The summed E-state index contributed by atoms with van der Waals surface area (Å²) in [5, 5.41) is 0. The van der Waals surface area contributed by atoms with E-state index in [1.165, 1.54) is 0 Å². The number of ether oxygens (including phenoxy) is 1. The SMILES string of the molecule is CCC(C)(C)C(=O)OCCC(F)(CC)C(F)(F)F. The van der Waals surface area contributed by atoms with E-state index in [1.54, 1.807) is 20.8 Å². The van der Waals surface area contributed by atoms with Crippen molar-refractivity contribution < 1.29 is 27.1 Å². The van der Waals surface area contributed by atoms with Gasteiger partial charge in [0, 0.05) is 6.42 Å². The van der Waals surface area contributed by atoms with Crippen molar-refractivity contribution in [3.63, 3.8) is 0 Å². The van der Waals surface area contributed by atoms with Crippen LogP contribution in [0.4, 0.5) is 17.6 Å². The Balaban J connectivity index is 4.39. The predicted octanol–water partition coefficient (Wildman–Crippen LogP) is 4.04. The molecule has 0 fully saturated rings. The van der Waals surface area contributed by atoms with Crippen LogP contribution in [0.3, 0.4) is 0 Å². The number of hydrogen-bond acceptors (Lipinski definition) is 2. The van der Waals surface area contributed by atoms with Gasteiger partial charge in [-0.15, -0.1) is 0 Å². The highest BCUT2D eigenvalue weighted by Gasteiger charge is 2.54. The van der Waals surface area contributed by atoms with Crippen LogP contribution in [-0.4, -0.2) is 24.4 Å². The Morgan fingerprint density at radius 3 is 1.89 bits per heavy atom. The summed E-state index contributed by atoms with van der Waals surface area (Å²) in [6, 6.07) is 0. The first-order valence-corrected chi connectivity index (χ1v) is 5.93. The third-order valence-corrected chi connectivity index (χ3v) is 3.24. The third-order valence-electron chi connectivity index (χ3n) is 3.24. The molecule has 18 heavy (non-hydrogen) atoms. The molecule has 0 rings (SSSR count). The molecule has 0 N–H and O–H groups in total. The van der Waals surface area contributed by atoms with Gasteiger partial charge in [-0.3, -0.25) is 4.79 Å². The van der Waals surface area contributed by atoms with Crippen LogP contribution in [0.5, 0.6) is 0 Å². The monoisotopic (exact) mass is 272 g/mol. The van der Waals surface area contributed by atoms with Crippen LogP contribution in [0.25, 0.3) is 0 Å². The van der Waals surface area contributed by atoms with E-state index in [0.717, 1.165) is 6.92 Å². The lowest BCUT2D eigenvalue weighted by atomic mass is 9.90. The van der Waals surface area contributed by atoms with Crippen molar-refractivity contribution in [3.05, 3.63) is 0 Å². The summed E-state index contributed by atoms with van der Waals surface area (Å²) in [6.07, 6.45) is -5.99. The molecule has 0 aromatic heterocycles. The summed E-state index contributed by atoms with van der Waals surface area (Å²) in [5.74, 6) is -0.606. The predicted molar refractivity (Wildman–Crippen MR) is 59.8 cm³/mol. The zero-order valence-corrected chi connectivity index (χ0v) is 11.2. The van der Waals surface area contributed by atoms with Crippen molar-refractivity contribution >= 4 is 5.97 Å². The van der Waals surface area contributed by atoms with Gasteiger partial charge in [0.1, 0.15) is 0 Å². The Morgan fingerprint density at radius 1 is 1.06 bits per heavy atom. The number of halogens is 4. The normalized spacial score (nSPS) is 16.2. The molecule has 0 aliphatic carbocycles. The summed E-state index contributed by atoms with van der Waals surface area (Å²) >= 11 is 0. The Morgan fingerprint density at radius 2 is 1.56 bits per heavy atom. The molecule has 2 nitrogen and oxygen atoms in total. The van der Waals surface area contributed by atoms with Gasteiger partial charge in [-0.2, -0.15) is 13.2 Å². The Labute approximate surface area is 105 Å². The van der Waals surface area contributed by atoms with Gasteiger partial charge in [0.05, 0.1) is 12.0 Å². The average Bonchev–Trinajstić information content (AvgIpc) is 2.26. The number of carbonyl (C=O) groups is 1. The first-order valence-electron chi connectivity index (χ1n) is 5.93. The zero-order chi connectivity index (χ0) is 14.6. The largest absolute Gasteiger partial charge is 0.465 e. The quantitative estimate of drug-likeness (QED) is 0.539. The van der Waals surface area contributed by atoms with Gasteiger partial charge >= 0.3 is 12.1 Å². The number of hydrogen-bond donors (Lipinski definition) is 0. The van der Waals surface area contributed by atoms with Crippen molar-refractivity contribution in [1.82, 2.24) is 0 Å². The minimum absolute atomic E-state index is 0.500. The molecule has 1 unspecified atom stereocenters. The summed E-state index contributed by atoms with van der Waals surface area (Å²) in [6.45, 7) is 5.57. The average molecular weight is 272 g/mol. The van der Waals surface area contributed by atoms with E-state index in [1.807, 2.05) is 0 Å². The van der Waals surface area contributed by atoms with Gasteiger partial charge in [0.15, 0.2) is 0 Å². The molecule has 0 bridgehead atoms. The molecule has 108 valence electrons. The van der Waals surface area contributed by atoms with Crippen LogP contribution in [-0.2, 0) is 9.53 Å². The minimum atomic E-state index is -4.94. The molecular weight excluding hydrogens is 252 g/mol. The van der Waals surface area contributed by atoms with Gasteiger partial charge in [-0.1, -0.05) is 13.8 Å². The maximum atomic E-state index is 13.5. The lowest BCUT2D eigenvalue weighted by Gasteiger charge is -2.27. The topological polar surface area (TPSA) is 26.3 Å². The van der Waals surface area contributed by atoms with Crippen LogP contribution in [0.1, 0.15) is 47.0 Å². The molecule has 0 aromatic carbocycles. The fraction of sp³-hybridized carbons (Fsp3) is 0.917. The van der Waals surface area contributed by atoms with E-state index in [9.17, 15) is 22.4 Å². The van der Waals surface area contributed by atoms with E-state index in [4.69, 9.17) is 4.74 Å². The molecule has 0 heterocycles. The molecule has 1 atom stereocenters. The lowest BCUT2D eigenvalue weighted by molar-refractivity contribution is -0.236. The van der Waals surface area contributed by atoms with Gasteiger partial charge in [-0.25, -0.2) is 4.39 Å². The number of rotatable bonds is 6. The Hall–Kier alpha value is -0.810. The molecule has 0 saturated carbocycles. The minimum Gasteiger partial charge on any atom is -0.465 e. The van der Waals surface area contributed by atoms with Crippen molar-refractivity contribution in [3.8, 4) is 0 Å². The molecule has 0 saturated heterocycles. The zero-order valence-electron chi connectivity index (χ0n) is 11.2. The van der Waals surface area contributed by atoms with Gasteiger partial charge < -0.3 is 4.74 Å². The maximum absolute atomic E-state index is 13.5. The first-order chi connectivity index (χ1) is 8.00. The molecule has 0 spiro atoms. The number of esters is 1. The van der Waals surface area contributed by atoms with Gasteiger partial charge in [0.25, 0.3) is 0 Å². The maximum Gasteiger partial charge on any atom is 0.422 e. The smallest absolute Gasteiger partial charge is 0.422 e. The second-order valence-corrected chi connectivity index (χ2v) is 4.94. The standard InChI is InChI=1S/C12H20F4O2/c1-5-10(3,4)9(17)18-8-7-11(13,6-2)12(14,15)16/h5-8H2,1-4H3. The summed E-state index contributed by atoms with van der Waals surface area (Å²) in [7, 11) is 0. The van der Waals surface area contributed by atoms with Crippen molar-refractivity contribution in [2.75, 3.05) is 6.61 Å². The number of carbonyl (C=O) groups excluding carboxylic acids is 1. The van der Waals surface area contributed by atoms with Crippen LogP contribution in [0, 0.1) is 5.41 Å². The second kappa shape index (κ2) is 5.89. The highest BCUT2D eigenvalue weighted by Crippen LogP contribution is 2.39. The van der Waals surface area contributed by atoms with Crippen LogP contribution >= 0.6 is 0 Å². The fourth-order valence-corrected chi connectivity index (χ4v) is 1.16. The first kappa shape index (κ1) is 17.2. The lowest BCUT2D eigenvalue weighted by Crippen LogP contribution is -2.41. The van der Waals surface area contributed by atoms with E-state index < -0.39 is 42.7 Å².